The zero-order chi connectivity index (χ0) is 19.8. The molecule has 140 valence electrons. The zero-order valence-corrected chi connectivity index (χ0v) is 16.4. The van der Waals surface area contributed by atoms with Crippen LogP contribution in [-0.4, -0.2) is 34.1 Å². The van der Waals surface area contributed by atoms with Crippen molar-refractivity contribution in [2.24, 2.45) is 0 Å². The zero-order valence-electron chi connectivity index (χ0n) is 15.7. The van der Waals surface area contributed by atoms with Crippen LogP contribution in [0, 0.1) is 25.2 Å². The van der Waals surface area contributed by atoms with E-state index in [0.717, 1.165) is 27.9 Å². The Morgan fingerprint density at radius 2 is 1.93 bits per heavy atom. The summed E-state index contributed by atoms with van der Waals surface area (Å²) in [6.07, 6.45) is 1.56. The lowest BCUT2D eigenvalue weighted by Crippen LogP contribution is -2.48. The maximum Gasteiger partial charge on any atom is 0.254 e. The second kappa shape index (κ2) is 7.14. The fraction of sp³-hybridized carbons (Fsp3) is 0.227. The van der Waals surface area contributed by atoms with Gasteiger partial charge in [-0.25, -0.2) is 0 Å². The van der Waals surface area contributed by atoms with E-state index in [9.17, 15) is 4.79 Å². The Bertz CT molecular complexity index is 1090. The van der Waals surface area contributed by atoms with Crippen molar-refractivity contribution in [1.29, 1.82) is 5.26 Å². The monoisotopic (exact) mass is 390 g/mol. The van der Waals surface area contributed by atoms with Crippen LogP contribution < -0.4 is 0 Å². The van der Waals surface area contributed by atoms with Gasteiger partial charge in [0.25, 0.3) is 5.91 Å². The number of hydrogen-bond acceptors (Lipinski definition) is 3. The van der Waals surface area contributed by atoms with Gasteiger partial charge in [-0.2, -0.15) is 10.4 Å². The summed E-state index contributed by atoms with van der Waals surface area (Å²) in [5.41, 5.74) is 6.10. The summed E-state index contributed by atoms with van der Waals surface area (Å²) < 4.78 is 0. The van der Waals surface area contributed by atoms with Crippen LogP contribution >= 0.6 is 11.6 Å². The first-order chi connectivity index (χ1) is 13.5. The number of halogens is 1. The Hall–Kier alpha value is -3.10. The van der Waals surface area contributed by atoms with Gasteiger partial charge >= 0.3 is 0 Å². The van der Waals surface area contributed by atoms with Crippen LogP contribution in [0.5, 0.6) is 0 Å². The van der Waals surface area contributed by atoms with E-state index in [1.807, 2.05) is 55.1 Å². The molecule has 1 aromatic heterocycles. The number of nitrogens with zero attached hydrogens (tertiary/aromatic N) is 3. The Morgan fingerprint density at radius 1 is 1.21 bits per heavy atom. The third kappa shape index (κ3) is 3.17. The van der Waals surface area contributed by atoms with Crippen molar-refractivity contribution in [3.63, 3.8) is 0 Å². The second-order valence-corrected chi connectivity index (χ2v) is 7.62. The molecule has 1 saturated heterocycles. The third-order valence-electron chi connectivity index (χ3n) is 5.34. The number of rotatable bonds is 3. The van der Waals surface area contributed by atoms with Gasteiger partial charge in [0.2, 0.25) is 0 Å². The lowest BCUT2D eigenvalue weighted by Gasteiger charge is -2.40. The maximum absolute atomic E-state index is 13.1. The van der Waals surface area contributed by atoms with Crippen molar-refractivity contribution in [1.82, 2.24) is 15.1 Å². The van der Waals surface area contributed by atoms with E-state index in [0.29, 0.717) is 35.2 Å². The lowest BCUT2D eigenvalue weighted by atomic mass is 9.89. The maximum atomic E-state index is 13.1. The number of nitrogens with one attached hydrogen (secondary N) is 1. The van der Waals surface area contributed by atoms with E-state index < -0.39 is 0 Å². The summed E-state index contributed by atoms with van der Waals surface area (Å²) in [6.45, 7) is 5.31. The van der Waals surface area contributed by atoms with Gasteiger partial charge in [-0.15, -0.1) is 0 Å². The number of nitriles is 1. The average molecular weight is 391 g/mol. The van der Waals surface area contributed by atoms with Crippen molar-refractivity contribution >= 4 is 17.5 Å². The van der Waals surface area contributed by atoms with Gasteiger partial charge in [0.15, 0.2) is 0 Å². The van der Waals surface area contributed by atoms with E-state index in [4.69, 9.17) is 16.9 Å². The first-order valence-electron chi connectivity index (χ1n) is 9.07. The van der Waals surface area contributed by atoms with Crippen molar-refractivity contribution < 1.29 is 4.79 Å². The normalized spacial score (nSPS) is 13.9. The van der Waals surface area contributed by atoms with E-state index in [1.54, 1.807) is 6.20 Å². The highest BCUT2D eigenvalue weighted by atomic mass is 35.5. The highest BCUT2D eigenvalue weighted by Crippen LogP contribution is 2.33. The smallest absolute Gasteiger partial charge is 0.254 e. The van der Waals surface area contributed by atoms with Gasteiger partial charge in [-0.3, -0.25) is 9.89 Å². The summed E-state index contributed by atoms with van der Waals surface area (Å²) in [5.74, 6) is 0.336. The predicted molar refractivity (Wildman–Crippen MR) is 108 cm³/mol. The molecule has 0 spiro atoms. The molecule has 0 unspecified atom stereocenters. The average Bonchev–Trinajstić information content (AvgIpc) is 3.07. The Labute approximate surface area is 168 Å². The molecule has 1 fully saturated rings. The summed E-state index contributed by atoms with van der Waals surface area (Å²) in [4.78, 5) is 14.9. The molecule has 1 aliphatic heterocycles. The molecule has 4 rings (SSSR count). The molecule has 6 heteroatoms. The second-order valence-electron chi connectivity index (χ2n) is 7.22. The van der Waals surface area contributed by atoms with Crippen LogP contribution in [0.4, 0.5) is 0 Å². The van der Waals surface area contributed by atoms with E-state index in [1.165, 1.54) is 0 Å². The molecular weight excluding hydrogens is 372 g/mol. The van der Waals surface area contributed by atoms with Crippen LogP contribution in [-0.2, 0) is 0 Å². The van der Waals surface area contributed by atoms with Crippen molar-refractivity contribution in [2.45, 2.75) is 19.8 Å². The molecule has 28 heavy (non-hydrogen) atoms. The molecule has 0 atom stereocenters. The number of carbonyl (C=O) groups excluding carboxylic acids is 1. The summed E-state index contributed by atoms with van der Waals surface area (Å²) in [5, 5.41) is 16.3. The fourth-order valence-electron chi connectivity index (χ4n) is 3.67. The van der Waals surface area contributed by atoms with Gasteiger partial charge in [0.05, 0.1) is 28.5 Å². The molecule has 5 nitrogen and oxygen atoms in total. The summed E-state index contributed by atoms with van der Waals surface area (Å²) in [7, 11) is 0. The largest absolute Gasteiger partial charge is 0.337 e. The highest BCUT2D eigenvalue weighted by Gasteiger charge is 2.33. The molecule has 0 saturated carbocycles. The predicted octanol–water partition coefficient (Wildman–Crippen LogP) is 4.46. The highest BCUT2D eigenvalue weighted by molar-refractivity contribution is 6.33. The van der Waals surface area contributed by atoms with Gasteiger partial charge in [-0.05, 0) is 48.7 Å². The van der Waals surface area contributed by atoms with Gasteiger partial charge in [0, 0.05) is 30.1 Å². The molecule has 2 aromatic carbocycles. The SMILES string of the molecule is Cc1cc(C)c(-c2[nH]ncc2Cl)cc1C(=O)N1CC(c2ccc(C#N)cc2)C1. The molecule has 1 amide bonds. The summed E-state index contributed by atoms with van der Waals surface area (Å²) in [6, 6.07) is 13.6. The molecule has 0 bridgehead atoms. The van der Waals surface area contributed by atoms with Crippen LogP contribution in [0.3, 0.4) is 0 Å². The number of aromatic amines is 1. The first-order valence-corrected chi connectivity index (χ1v) is 9.45. The minimum Gasteiger partial charge on any atom is -0.337 e. The number of carbonyl (C=O) groups is 1. The molecule has 2 heterocycles. The van der Waals surface area contributed by atoms with Crippen LogP contribution in [0.25, 0.3) is 11.3 Å². The minimum absolute atomic E-state index is 0.0271. The standard InChI is InChI=1S/C22H19ClN4O/c1-13-7-14(2)19(8-18(13)21-20(23)10-25-26-21)22(28)27-11-17(12-27)16-5-3-15(9-24)4-6-16/h3-8,10,17H,11-12H2,1-2H3,(H,25,26). The van der Waals surface area contributed by atoms with Gasteiger partial charge in [0.1, 0.15) is 0 Å². The van der Waals surface area contributed by atoms with E-state index in [2.05, 4.69) is 16.3 Å². The van der Waals surface area contributed by atoms with Crippen molar-refractivity contribution in [3.8, 4) is 17.3 Å². The van der Waals surface area contributed by atoms with E-state index in [-0.39, 0.29) is 5.91 Å². The fourth-order valence-corrected chi connectivity index (χ4v) is 3.86. The number of aryl methyl sites for hydroxylation is 2. The Morgan fingerprint density at radius 3 is 2.54 bits per heavy atom. The first kappa shape index (κ1) is 18.3. The van der Waals surface area contributed by atoms with Crippen LogP contribution in [0.2, 0.25) is 5.02 Å². The molecule has 1 N–H and O–H groups in total. The van der Waals surface area contributed by atoms with Crippen molar-refractivity contribution in [2.75, 3.05) is 13.1 Å². The van der Waals surface area contributed by atoms with Gasteiger partial charge in [-0.1, -0.05) is 29.8 Å². The molecule has 0 aliphatic carbocycles. The molecule has 0 radical (unpaired) electrons. The third-order valence-corrected chi connectivity index (χ3v) is 5.63. The number of likely N-dealkylation sites (tertiary alicyclic amines) is 1. The lowest BCUT2D eigenvalue weighted by molar-refractivity contribution is 0.0601. The minimum atomic E-state index is 0.0271. The number of aromatic nitrogens is 2. The molecular formula is C22H19ClN4O. The Kier molecular flexibility index (Phi) is 4.66. The van der Waals surface area contributed by atoms with E-state index >= 15 is 0 Å². The Balaban J connectivity index is 1.54. The number of hydrogen-bond donors (Lipinski definition) is 1. The number of H-pyrrole nitrogens is 1. The van der Waals surface area contributed by atoms with Crippen LogP contribution in [0.1, 0.15) is 38.5 Å². The number of amides is 1. The van der Waals surface area contributed by atoms with Gasteiger partial charge < -0.3 is 4.90 Å². The summed E-state index contributed by atoms with van der Waals surface area (Å²) >= 11 is 6.22. The molecule has 3 aromatic rings. The quantitative estimate of drug-likeness (QED) is 0.717. The van der Waals surface area contributed by atoms with Crippen molar-refractivity contribution in [3.05, 3.63) is 75.4 Å². The topological polar surface area (TPSA) is 72.8 Å². The van der Waals surface area contributed by atoms with Crippen LogP contribution in [0.15, 0.2) is 42.6 Å². The number of benzene rings is 2. The molecule has 1 aliphatic rings.